The largest absolute Gasteiger partial charge is 0.351 e. The number of hydrogen-bond donors (Lipinski definition) is 2. The summed E-state index contributed by atoms with van der Waals surface area (Å²) in [6, 6.07) is 15.1. The number of benzene rings is 2. The fraction of sp³-hybridized carbons (Fsp3) is 0.409. The lowest BCUT2D eigenvalue weighted by Crippen LogP contribution is -2.41. The highest BCUT2D eigenvalue weighted by Gasteiger charge is 2.42. The average molecular weight is 403 g/mol. The first kappa shape index (κ1) is 20.2. The maximum Gasteiger partial charge on any atom is 0.236 e. The third kappa shape index (κ3) is 4.50. The van der Waals surface area contributed by atoms with Crippen LogP contribution in [-0.2, 0) is 24.4 Å². The smallest absolute Gasteiger partial charge is 0.236 e. The van der Waals surface area contributed by atoms with Crippen molar-refractivity contribution >= 4 is 30.1 Å². The van der Waals surface area contributed by atoms with E-state index in [1.54, 1.807) is 11.8 Å². The van der Waals surface area contributed by atoms with Gasteiger partial charge in [-0.2, -0.15) is 0 Å². The molecule has 2 aliphatic rings. The van der Waals surface area contributed by atoms with Crippen molar-refractivity contribution in [3.05, 3.63) is 64.7 Å². The fourth-order valence-corrected chi connectivity index (χ4v) is 5.34. The van der Waals surface area contributed by atoms with Crippen LogP contribution in [0.2, 0.25) is 0 Å². The number of fused-ring (bicyclic) bond motifs is 1. The van der Waals surface area contributed by atoms with Crippen molar-refractivity contribution in [1.82, 2.24) is 10.6 Å². The molecule has 1 heterocycles. The summed E-state index contributed by atoms with van der Waals surface area (Å²) in [5.41, 5.74) is 5.18. The Kier molecular flexibility index (Phi) is 6.51. The molecule has 5 heteroatoms. The number of amides is 1. The zero-order valence-corrected chi connectivity index (χ0v) is 17.3. The molecular formula is C22H27ClN2OS. The summed E-state index contributed by atoms with van der Waals surface area (Å²) >= 11 is 1.75. The van der Waals surface area contributed by atoms with E-state index in [9.17, 15) is 4.79 Å². The summed E-state index contributed by atoms with van der Waals surface area (Å²) in [6.07, 6.45) is 4.20. The van der Waals surface area contributed by atoms with Crippen LogP contribution in [0, 0.1) is 6.92 Å². The van der Waals surface area contributed by atoms with Gasteiger partial charge in [-0.25, -0.2) is 0 Å². The molecule has 2 N–H and O–H groups in total. The predicted molar refractivity (Wildman–Crippen MR) is 114 cm³/mol. The molecule has 2 aromatic carbocycles. The van der Waals surface area contributed by atoms with Gasteiger partial charge in [0.15, 0.2) is 0 Å². The quantitative estimate of drug-likeness (QED) is 0.758. The topological polar surface area (TPSA) is 41.1 Å². The molecule has 0 saturated heterocycles. The SMILES string of the molecule is Cc1ccc(SC2(C(=O)NCc3ccc4c(c3)CNC4)CCCC2)cc1.Cl. The Morgan fingerprint density at radius 2 is 1.78 bits per heavy atom. The molecule has 0 aromatic heterocycles. The third-order valence-electron chi connectivity index (χ3n) is 5.51. The van der Waals surface area contributed by atoms with Crippen LogP contribution in [0.25, 0.3) is 0 Å². The van der Waals surface area contributed by atoms with Crippen molar-refractivity contribution in [3.8, 4) is 0 Å². The molecule has 0 spiro atoms. The van der Waals surface area contributed by atoms with Crippen molar-refractivity contribution in [2.75, 3.05) is 0 Å². The van der Waals surface area contributed by atoms with Crippen molar-refractivity contribution in [2.45, 2.75) is 61.9 Å². The summed E-state index contributed by atoms with van der Waals surface area (Å²) in [7, 11) is 0. The first-order valence-corrected chi connectivity index (χ1v) is 10.3. The Morgan fingerprint density at radius 3 is 2.52 bits per heavy atom. The minimum absolute atomic E-state index is 0. The van der Waals surface area contributed by atoms with Gasteiger partial charge >= 0.3 is 0 Å². The van der Waals surface area contributed by atoms with Gasteiger partial charge in [0.05, 0.1) is 4.75 Å². The van der Waals surface area contributed by atoms with E-state index in [2.05, 4.69) is 60.0 Å². The second-order valence-corrected chi connectivity index (χ2v) is 8.96. The highest BCUT2D eigenvalue weighted by Crippen LogP contribution is 2.45. The van der Waals surface area contributed by atoms with E-state index in [1.165, 1.54) is 27.1 Å². The molecule has 1 saturated carbocycles. The molecule has 4 rings (SSSR count). The van der Waals surface area contributed by atoms with Crippen LogP contribution in [0.4, 0.5) is 0 Å². The van der Waals surface area contributed by atoms with Crippen LogP contribution < -0.4 is 10.6 Å². The minimum atomic E-state index is -0.312. The van der Waals surface area contributed by atoms with Gasteiger partial charge in [0.25, 0.3) is 0 Å². The van der Waals surface area contributed by atoms with Crippen molar-refractivity contribution in [1.29, 1.82) is 0 Å². The van der Waals surface area contributed by atoms with Crippen molar-refractivity contribution < 1.29 is 4.79 Å². The van der Waals surface area contributed by atoms with E-state index in [0.29, 0.717) is 6.54 Å². The first-order chi connectivity index (χ1) is 12.6. The van der Waals surface area contributed by atoms with Gasteiger partial charge in [-0.1, -0.05) is 48.7 Å². The second-order valence-electron chi connectivity index (χ2n) is 7.51. The lowest BCUT2D eigenvalue weighted by Gasteiger charge is -2.27. The zero-order valence-electron chi connectivity index (χ0n) is 15.7. The number of carbonyl (C=O) groups excluding carboxylic acids is 1. The van der Waals surface area contributed by atoms with Crippen molar-refractivity contribution in [3.63, 3.8) is 0 Å². The maximum absolute atomic E-state index is 13.1. The monoisotopic (exact) mass is 402 g/mol. The fourth-order valence-electron chi connectivity index (χ4n) is 3.95. The average Bonchev–Trinajstić information content (AvgIpc) is 3.31. The van der Waals surface area contributed by atoms with Gasteiger partial charge in [-0.05, 0) is 48.6 Å². The number of aryl methyl sites for hydroxylation is 1. The molecule has 1 aliphatic carbocycles. The molecule has 1 aliphatic heterocycles. The minimum Gasteiger partial charge on any atom is -0.351 e. The highest BCUT2D eigenvalue weighted by atomic mass is 35.5. The van der Waals surface area contributed by atoms with Gasteiger partial charge in [0.1, 0.15) is 0 Å². The molecule has 0 unspecified atom stereocenters. The summed E-state index contributed by atoms with van der Waals surface area (Å²) in [5, 5.41) is 6.60. The first-order valence-electron chi connectivity index (χ1n) is 9.50. The molecule has 0 bridgehead atoms. The predicted octanol–water partition coefficient (Wildman–Crippen LogP) is 4.74. The Morgan fingerprint density at radius 1 is 1.07 bits per heavy atom. The number of nitrogens with one attached hydrogen (secondary N) is 2. The van der Waals surface area contributed by atoms with E-state index in [-0.39, 0.29) is 23.1 Å². The molecule has 27 heavy (non-hydrogen) atoms. The van der Waals surface area contributed by atoms with Crippen LogP contribution in [0.3, 0.4) is 0 Å². The standard InChI is InChI=1S/C22H26N2OS.ClH/c1-16-4-8-20(9-5-16)26-22(10-2-3-11-22)21(25)24-13-17-6-7-18-14-23-15-19(18)12-17;/h4-9,12,23H,2-3,10-11,13-15H2,1H3,(H,24,25);1H. The molecule has 2 aromatic rings. The molecule has 0 radical (unpaired) electrons. The number of halogens is 1. The van der Waals surface area contributed by atoms with Crippen LogP contribution in [0.5, 0.6) is 0 Å². The molecule has 0 atom stereocenters. The number of carbonyl (C=O) groups is 1. The lowest BCUT2D eigenvalue weighted by atomic mass is 10.0. The number of hydrogen-bond acceptors (Lipinski definition) is 3. The second kappa shape index (κ2) is 8.68. The lowest BCUT2D eigenvalue weighted by molar-refractivity contribution is -0.123. The Bertz CT molecular complexity index is 800. The molecule has 144 valence electrons. The molecule has 1 fully saturated rings. The van der Waals surface area contributed by atoms with Crippen LogP contribution >= 0.6 is 24.2 Å². The van der Waals surface area contributed by atoms with E-state index in [4.69, 9.17) is 0 Å². The third-order valence-corrected chi connectivity index (χ3v) is 7.01. The van der Waals surface area contributed by atoms with E-state index >= 15 is 0 Å². The molecule has 3 nitrogen and oxygen atoms in total. The summed E-state index contributed by atoms with van der Waals surface area (Å²) in [4.78, 5) is 14.3. The van der Waals surface area contributed by atoms with E-state index < -0.39 is 0 Å². The van der Waals surface area contributed by atoms with Gasteiger partial charge in [0.2, 0.25) is 5.91 Å². The Balaban J connectivity index is 0.00000210. The van der Waals surface area contributed by atoms with Crippen LogP contribution in [0.1, 0.15) is 47.9 Å². The van der Waals surface area contributed by atoms with E-state index in [1.807, 2.05) is 0 Å². The van der Waals surface area contributed by atoms with Crippen molar-refractivity contribution in [2.24, 2.45) is 0 Å². The normalized spacial score (nSPS) is 17.2. The summed E-state index contributed by atoms with van der Waals surface area (Å²) < 4.78 is -0.312. The van der Waals surface area contributed by atoms with Gasteiger partial charge in [-0.3, -0.25) is 4.79 Å². The van der Waals surface area contributed by atoms with Gasteiger partial charge in [0, 0.05) is 24.5 Å². The molecular weight excluding hydrogens is 376 g/mol. The summed E-state index contributed by atoms with van der Waals surface area (Å²) in [6.45, 7) is 4.60. The van der Waals surface area contributed by atoms with Crippen LogP contribution in [-0.4, -0.2) is 10.7 Å². The maximum atomic E-state index is 13.1. The van der Waals surface area contributed by atoms with Gasteiger partial charge in [-0.15, -0.1) is 24.2 Å². The summed E-state index contributed by atoms with van der Waals surface area (Å²) in [5.74, 6) is 0.194. The highest BCUT2D eigenvalue weighted by molar-refractivity contribution is 8.01. The zero-order chi connectivity index (χ0) is 18.0. The number of rotatable bonds is 5. The van der Waals surface area contributed by atoms with Crippen LogP contribution in [0.15, 0.2) is 47.4 Å². The molecule has 1 amide bonds. The Hall–Kier alpha value is -1.49. The van der Waals surface area contributed by atoms with E-state index in [0.717, 1.165) is 38.8 Å². The number of thioether (sulfide) groups is 1. The van der Waals surface area contributed by atoms with Gasteiger partial charge < -0.3 is 10.6 Å². The Labute approximate surface area is 172 Å².